The van der Waals surface area contributed by atoms with E-state index in [-0.39, 0.29) is 23.6 Å². The highest BCUT2D eigenvalue weighted by Crippen LogP contribution is 2.35. The number of alkyl halides is 3. The highest BCUT2D eigenvalue weighted by molar-refractivity contribution is 5.46. The van der Waals surface area contributed by atoms with E-state index < -0.39 is 17.6 Å². The molecule has 2 N–H and O–H groups in total. The van der Waals surface area contributed by atoms with Crippen molar-refractivity contribution < 1.29 is 22.3 Å². The molecule has 3 rings (SSSR count). The Bertz CT molecular complexity index is 962. The Kier molecular flexibility index (Phi) is 5.16. The number of H-pyrrole nitrogens is 1. The van der Waals surface area contributed by atoms with Gasteiger partial charge < -0.3 is 15.0 Å². The number of nitrogens with one attached hydrogen (secondary N) is 2. The first kappa shape index (κ1) is 18.5. The first-order valence-electron chi connectivity index (χ1n) is 7.87. The lowest BCUT2D eigenvalue weighted by Crippen LogP contribution is -2.08. The molecule has 0 radical (unpaired) electrons. The van der Waals surface area contributed by atoms with Gasteiger partial charge in [0, 0.05) is 24.4 Å². The van der Waals surface area contributed by atoms with Gasteiger partial charge in [0.05, 0.1) is 11.3 Å². The number of anilines is 1. The first-order chi connectivity index (χ1) is 12.8. The van der Waals surface area contributed by atoms with Crippen LogP contribution in [0.1, 0.15) is 11.1 Å². The Morgan fingerprint density at radius 1 is 1.00 bits per heavy atom. The van der Waals surface area contributed by atoms with E-state index in [1.807, 2.05) is 0 Å². The van der Waals surface area contributed by atoms with Gasteiger partial charge in [-0.1, -0.05) is 6.07 Å². The van der Waals surface area contributed by atoms with Crippen molar-refractivity contribution >= 4 is 5.69 Å². The summed E-state index contributed by atoms with van der Waals surface area (Å²) in [5.74, 6) is -0.277. The van der Waals surface area contributed by atoms with Gasteiger partial charge in [-0.2, -0.15) is 13.2 Å². The zero-order valence-corrected chi connectivity index (χ0v) is 13.8. The van der Waals surface area contributed by atoms with E-state index in [9.17, 15) is 22.4 Å². The highest BCUT2D eigenvalue weighted by atomic mass is 19.4. The number of ether oxygens (including phenoxy) is 1. The molecule has 0 aliphatic heterocycles. The molecule has 0 saturated carbocycles. The third-order valence-corrected chi connectivity index (χ3v) is 3.70. The van der Waals surface area contributed by atoms with Crippen LogP contribution in [0.15, 0.2) is 65.6 Å². The zero-order chi connectivity index (χ0) is 19.4. The number of rotatable bonds is 5. The zero-order valence-electron chi connectivity index (χ0n) is 13.8. The minimum Gasteiger partial charge on any atom is -0.457 e. The molecule has 0 spiro atoms. The first-order valence-corrected chi connectivity index (χ1v) is 7.87. The Morgan fingerprint density at radius 3 is 2.37 bits per heavy atom. The number of hydrogen-bond acceptors (Lipinski definition) is 3. The van der Waals surface area contributed by atoms with E-state index in [1.54, 1.807) is 6.07 Å². The second kappa shape index (κ2) is 7.53. The number of aromatic amines is 1. The van der Waals surface area contributed by atoms with Crippen molar-refractivity contribution in [1.82, 2.24) is 4.98 Å². The molecule has 0 aliphatic carbocycles. The Hall–Kier alpha value is -3.29. The van der Waals surface area contributed by atoms with Gasteiger partial charge in [0.1, 0.15) is 17.3 Å². The molecule has 1 heterocycles. The molecular formula is C19H14F4N2O2. The predicted octanol–water partition coefficient (Wildman–Crippen LogP) is 4.94. The quantitative estimate of drug-likeness (QED) is 0.619. The van der Waals surface area contributed by atoms with E-state index >= 15 is 0 Å². The maximum atomic E-state index is 13.0. The third kappa shape index (κ3) is 4.87. The van der Waals surface area contributed by atoms with Gasteiger partial charge >= 0.3 is 6.18 Å². The van der Waals surface area contributed by atoms with Gasteiger partial charge in [0.2, 0.25) is 5.56 Å². The molecule has 8 heteroatoms. The summed E-state index contributed by atoms with van der Waals surface area (Å²) in [6.45, 7) is 0.153. The van der Waals surface area contributed by atoms with E-state index in [0.29, 0.717) is 11.3 Å². The van der Waals surface area contributed by atoms with Gasteiger partial charge in [0.25, 0.3) is 0 Å². The van der Waals surface area contributed by atoms with Crippen LogP contribution in [-0.4, -0.2) is 4.98 Å². The molecule has 27 heavy (non-hydrogen) atoms. The Morgan fingerprint density at radius 2 is 1.74 bits per heavy atom. The fourth-order valence-electron chi connectivity index (χ4n) is 2.32. The summed E-state index contributed by atoms with van der Waals surface area (Å²) in [5, 5.41) is 2.99. The maximum absolute atomic E-state index is 13.0. The summed E-state index contributed by atoms with van der Waals surface area (Å²) in [4.78, 5) is 13.6. The predicted molar refractivity (Wildman–Crippen MR) is 92.3 cm³/mol. The molecule has 0 amide bonds. The van der Waals surface area contributed by atoms with Crippen LogP contribution in [0.3, 0.4) is 0 Å². The molecule has 2 aromatic carbocycles. The molecule has 0 fully saturated rings. The van der Waals surface area contributed by atoms with Gasteiger partial charge in [-0.25, -0.2) is 4.39 Å². The largest absolute Gasteiger partial charge is 0.457 e. The highest BCUT2D eigenvalue weighted by Gasteiger charge is 2.31. The topological polar surface area (TPSA) is 54.1 Å². The van der Waals surface area contributed by atoms with Gasteiger partial charge in [-0.05, 0) is 42.5 Å². The van der Waals surface area contributed by atoms with Crippen molar-refractivity contribution in [3.05, 3.63) is 88.1 Å². The van der Waals surface area contributed by atoms with Crippen LogP contribution >= 0.6 is 0 Å². The molecule has 0 unspecified atom stereocenters. The van der Waals surface area contributed by atoms with E-state index in [2.05, 4.69) is 10.3 Å². The molecule has 0 bridgehead atoms. The van der Waals surface area contributed by atoms with Crippen molar-refractivity contribution in [2.45, 2.75) is 12.7 Å². The number of benzene rings is 2. The van der Waals surface area contributed by atoms with Crippen LogP contribution in [0.2, 0.25) is 0 Å². The van der Waals surface area contributed by atoms with Crippen LogP contribution in [0.4, 0.5) is 23.2 Å². The van der Waals surface area contributed by atoms with Crippen LogP contribution < -0.4 is 15.6 Å². The maximum Gasteiger partial charge on any atom is 0.416 e. The third-order valence-electron chi connectivity index (χ3n) is 3.70. The summed E-state index contributed by atoms with van der Waals surface area (Å²) in [6, 6.07) is 11.0. The SMILES string of the molecule is O=c1ccc(NCc2ccc(C(F)(F)F)cc2Oc2ccc(F)cc2)c[nH]1. The lowest BCUT2D eigenvalue weighted by molar-refractivity contribution is -0.137. The van der Waals surface area contributed by atoms with Crippen molar-refractivity contribution in [3.63, 3.8) is 0 Å². The second-order valence-electron chi connectivity index (χ2n) is 5.67. The Balaban J connectivity index is 1.87. The molecule has 4 nitrogen and oxygen atoms in total. The fourth-order valence-corrected chi connectivity index (χ4v) is 2.32. The van der Waals surface area contributed by atoms with E-state index in [1.165, 1.54) is 30.5 Å². The van der Waals surface area contributed by atoms with E-state index in [0.717, 1.165) is 24.3 Å². The van der Waals surface area contributed by atoms with Gasteiger partial charge in [-0.15, -0.1) is 0 Å². The number of halogens is 4. The number of aromatic nitrogens is 1. The summed E-state index contributed by atoms with van der Waals surface area (Å²) in [5.41, 5.74) is -0.0800. The van der Waals surface area contributed by atoms with Crippen LogP contribution in [0.5, 0.6) is 11.5 Å². The van der Waals surface area contributed by atoms with Crippen molar-refractivity contribution in [3.8, 4) is 11.5 Å². The molecule has 1 aromatic heterocycles. The normalized spacial score (nSPS) is 11.3. The monoisotopic (exact) mass is 378 g/mol. The molecular weight excluding hydrogens is 364 g/mol. The van der Waals surface area contributed by atoms with Crippen molar-refractivity contribution in [2.75, 3.05) is 5.32 Å². The summed E-state index contributed by atoms with van der Waals surface area (Å²) >= 11 is 0. The molecule has 0 atom stereocenters. The molecule has 3 aromatic rings. The van der Waals surface area contributed by atoms with Crippen molar-refractivity contribution in [2.24, 2.45) is 0 Å². The number of hydrogen-bond donors (Lipinski definition) is 2. The van der Waals surface area contributed by atoms with Gasteiger partial charge in [-0.3, -0.25) is 4.79 Å². The summed E-state index contributed by atoms with van der Waals surface area (Å²) in [6.07, 6.45) is -3.07. The van der Waals surface area contributed by atoms with Crippen LogP contribution in [-0.2, 0) is 12.7 Å². The fraction of sp³-hybridized carbons (Fsp3) is 0.105. The lowest BCUT2D eigenvalue weighted by Gasteiger charge is -2.15. The summed E-state index contributed by atoms with van der Waals surface area (Å²) in [7, 11) is 0. The number of pyridine rings is 1. The molecule has 0 saturated heterocycles. The minimum atomic E-state index is -4.52. The lowest BCUT2D eigenvalue weighted by atomic mass is 10.1. The van der Waals surface area contributed by atoms with Crippen LogP contribution in [0.25, 0.3) is 0 Å². The van der Waals surface area contributed by atoms with Crippen LogP contribution in [0, 0.1) is 5.82 Å². The van der Waals surface area contributed by atoms with E-state index in [4.69, 9.17) is 4.74 Å². The molecule has 140 valence electrons. The smallest absolute Gasteiger partial charge is 0.416 e. The van der Waals surface area contributed by atoms with Gasteiger partial charge in [0.15, 0.2) is 0 Å². The standard InChI is InChI=1S/C19H14F4N2O2/c20-14-3-6-16(7-4-14)27-17-9-13(19(21,22)23)2-1-12(17)10-24-15-5-8-18(26)25-11-15/h1-9,11,24H,10H2,(H,25,26). The minimum absolute atomic E-state index is 0.00615. The average molecular weight is 378 g/mol. The molecule has 0 aliphatic rings. The summed E-state index contributed by atoms with van der Waals surface area (Å²) < 4.78 is 57.6. The average Bonchev–Trinajstić information content (AvgIpc) is 2.63. The van der Waals surface area contributed by atoms with Crippen molar-refractivity contribution in [1.29, 1.82) is 0 Å². The Labute approximate surface area is 151 Å². The second-order valence-corrected chi connectivity index (χ2v) is 5.67.